The minimum absolute atomic E-state index is 0.170. The van der Waals surface area contributed by atoms with Gasteiger partial charge in [-0.1, -0.05) is 13.3 Å². The number of nitriles is 1. The van der Waals surface area contributed by atoms with Crippen LogP contribution in [0.5, 0.6) is 0 Å². The lowest BCUT2D eigenvalue weighted by Gasteiger charge is -2.26. The Bertz CT molecular complexity index is 581. The van der Waals surface area contributed by atoms with Crippen molar-refractivity contribution in [3.05, 3.63) is 27.9 Å². The summed E-state index contributed by atoms with van der Waals surface area (Å²) in [6, 6.07) is 2.90. The van der Waals surface area contributed by atoms with E-state index in [1.807, 2.05) is 0 Å². The number of carboxylic acids is 1. The Hall–Kier alpha value is -2.69. The van der Waals surface area contributed by atoms with E-state index in [1.165, 1.54) is 19.2 Å². The number of nitrogens with one attached hydrogen (secondary N) is 1. The van der Waals surface area contributed by atoms with Gasteiger partial charge in [0.15, 0.2) is 0 Å². The summed E-state index contributed by atoms with van der Waals surface area (Å²) >= 11 is 0. The van der Waals surface area contributed by atoms with Crippen LogP contribution in [0.4, 0.5) is 11.5 Å². The van der Waals surface area contributed by atoms with Crippen LogP contribution in [0.3, 0.4) is 0 Å². The third-order valence-electron chi connectivity index (χ3n) is 2.84. The number of carbonyl (C=O) groups is 1. The second-order valence-electron chi connectivity index (χ2n) is 4.44. The van der Waals surface area contributed by atoms with E-state index in [0.717, 1.165) is 0 Å². The fourth-order valence-electron chi connectivity index (χ4n) is 1.80. The quantitative estimate of drug-likeness (QED) is 0.600. The van der Waals surface area contributed by atoms with E-state index in [4.69, 9.17) is 5.26 Å². The van der Waals surface area contributed by atoms with Crippen molar-refractivity contribution in [2.75, 3.05) is 5.32 Å². The molecule has 8 heteroatoms. The number of aliphatic carboxylic acids is 1. The molecule has 0 aliphatic heterocycles. The zero-order valence-corrected chi connectivity index (χ0v) is 11.1. The molecule has 1 unspecified atom stereocenters. The number of carboxylic acid groups (broad SMARTS) is 1. The number of pyridine rings is 1. The molecule has 0 spiro atoms. The number of anilines is 1. The summed E-state index contributed by atoms with van der Waals surface area (Å²) in [5, 5.41) is 31.8. The summed E-state index contributed by atoms with van der Waals surface area (Å²) in [6.07, 6.45) is 2.06. The van der Waals surface area contributed by atoms with Crippen LogP contribution in [0, 0.1) is 21.4 Å². The average Bonchev–Trinajstić information content (AvgIpc) is 2.38. The van der Waals surface area contributed by atoms with Crippen molar-refractivity contribution in [2.24, 2.45) is 0 Å². The van der Waals surface area contributed by atoms with Gasteiger partial charge >= 0.3 is 11.7 Å². The number of hydrogen-bond donors (Lipinski definition) is 2. The standard InChI is InChI=1S/C12H14N4O4/c1-3-5-12(2,11(17)18)15-10-9(16(19)20)8(7-13)4-6-14-10/h4,6H,3,5H2,1-2H3,(H,14,15)(H,17,18). The lowest BCUT2D eigenvalue weighted by atomic mass is 9.96. The van der Waals surface area contributed by atoms with Crippen molar-refractivity contribution >= 4 is 17.5 Å². The maximum absolute atomic E-state index is 11.3. The van der Waals surface area contributed by atoms with Crippen LogP contribution in [-0.2, 0) is 4.79 Å². The van der Waals surface area contributed by atoms with Crippen molar-refractivity contribution in [1.82, 2.24) is 4.98 Å². The molecule has 1 heterocycles. The van der Waals surface area contributed by atoms with E-state index in [1.54, 1.807) is 13.0 Å². The number of aromatic nitrogens is 1. The highest BCUT2D eigenvalue weighted by atomic mass is 16.6. The van der Waals surface area contributed by atoms with E-state index in [0.29, 0.717) is 6.42 Å². The van der Waals surface area contributed by atoms with E-state index >= 15 is 0 Å². The minimum atomic E-state index is -1.39. The molecule has 8 nitrogen and oxygen atoms in total. The second-order valence-corrected chi connectivity index (χ2v) is 4.44. The Morgan fingerprint density at radius 3 is 2.80 bits per heavy atom. The largest absolute Gasteiger partial charge is 0.480 e. The Morgan fingerprint density at radius 2 is 2.35 bits per heavy atom. The number of nitrogens with zero attached hydrogens (tertiary/aromatic N) is 3. The van der Waals surface area contributed by atoms with Crippen molar-refractivity contribution in [1.29, 1.82) is 5.26 Å². The Balaban J connectivity index is 3.31. The van der Waals surface area contributed by atoms with E-state index in [-0.39, 0.29) is 17.8 Å². The third kappa shape index (κ3) is 3.00. The average molecular weight is 278 g/mol. The molecule has 0 saturated heterocycles. The first-order chi connectivity index (χ1) is 9.35. The van der Waals surface area contributed by atoms with Gasteiger partial charge in [0.1, 0.15) is 17.2 Å². The molecule has 0 aliphatic rings. The molecule has 0 bridgehead atoms. The molecule has 2 N–H and O–H groups in total. The van der Waals surface area contributed by atoms with Crippen molar-refractivity contribution in [3.8, 4) is 6.07 Å². The Labute approximate surface area is 115 Å². The fourth-order valence-corrected chi connectivity index (χ4v) is 1.80. The molecular formula is C12H14N4O4. The van der Waals surface area contributed by atoms with Crippen molar-refractivity contribution in [2.45, 2.75) is 32.2 Å². The maximum atomic E-state index is 11.3. The predicted octanol–water partition coefficient (Wildman–Crippen LogP) is 1.92. The van der Waals surface area contributed by atoms with Crippen LogP contribution < -0.4 is 5.32 Å². The van der Waals surface area contributed by atoms with Gasteiger partial charge in [0, 0.05) is 6.20 Å². The van der Waals surface area contributed by atoms with Crippen LogP contribution in [0.15, 0.2) is 12.3 Å². The maximum Gasteiger partial charge on any atom is 0.329 e. The lowest BCUT2D eigenvalue weighted by molar-refractivity contribution is -0.384. The molecule has 0 aliphatic carbocycles. The van der Waals surface area contributed by atoms with Gasteiger partial charge in [0.2, 0.25) is 5.82 Å². The lowest BCUT2D eigenvalue weighted by Crippen LogP contribution is -2.43. The first kappa shape index (κ1) is 15.4. The highest BCUT2D eigenvalue weighted by Crippen LogP contribution is 2.29. The molecule has 0 saturated carbocycles. The van der Waals surface area contributed by atoms with Gasteiger partial charge in [-0.25, -0.2) is 9.78 Å². The first-order valence-electron chi connectivity index (χ1n) is 5.90. The first-order valence-corrected chi connectivity index (χ1v) is 5.90. The third-order valence-corrected chi connectivity index (χ3v) is 2.84. The summed E-state index contributed by atoms with van der Waals surface area (Å²) in [7, 11) is 0. The highest BCUT2D eigenvalue weighted by molar-refractivity contribution is 5.83. The summed E-state index contributed by atoms with van der Waals surface area (Å²) in [5.74, 6) is -1.36. The van der Waals surface area contributed by atoms with E-state index in [9.17, 15) is 20.0 Å². The summed E-state index contributed by atoms with van der Waals surface area (Å²) < 4.78 is 0. The zero-order valence-electron chi connectivity index (χ0n) is 11.1. The summed E-state index contributed by atoms with van der Waals surface area (Å²) in [5.41, 5.74) is -2.07. The second kappa shape index (κ2) is 5.97. The summed E-state index contributed by atoms with van der Waals surface area (Å²) in [6.45, 7) is 3.22. The monoisotopic (exact) mass is 278 g/mol. The molecule has 1 atom stereocenters. The van der Waals surface area contributed by atoms with Crippen molar-refractivity contribution < 1.29 is 14.8 Å². The smallest absolute Gasteiger partial charge is 0.329 e. The van der Waals surface area contributed by atoms with E-state index < -0.39 is 22.1 Å². The fraction of sp³-hybridized carbons (Fsp3) is 0.417. The topological polar surface area (TPSA) is 129 Å². The van der Waals surface area contributed by atoms with Gasteiger partial charge in [-0.3, -0.25) is 10.1 Å². The van der Waals surface area contributed by atoms with Gasteiger partial charge in [0.05, 0.1) is 4.92 Å². The number of nitro groups is 1. The highest BCUT2D eigenvalue weighted by Gasteiger charge is 2.35. The molecule has 0 amide bonds. The molecule has 106 valence electrons. The van der Waals surface area contributed by atoms with Gasteiger partial charge in [-0.15, -0.1) is 0 Å². The van der Waals surface area contributed by atoms with Gasteiger partial charge in [-0.05, 0) is 19.4 Å². The normalized spacial score (nSPS) is 13.1. The van der Waals surface area contributed by atoms with E-state index in [2.05, 4.69) is 10.3 Å². The van der Waals surface area contributed by atoms with Crippen LogP contribution >= 0.6 is 0 Å². The molecule has 0 fully saturated rings. The molecule has 0 radical (unpaired) electrons. The van der Waals surface area contributed by atoms with Crippen molar-refractivity contribution in [3.63, 3.8) is 0 Å². The Morgan fingerprint density at radius 1 is 1.70 bits per heavy atom. The van der Waals surface area contributed by atoms with Crippen LogP contribution in [0.25, 0.3) is 0 Å². The zero-order chi connectivity index (χ0) is 15.3. The number of hydrogen-bond acceptors (Lipinski definition) is 6. The number of rotatable bonds is 6. The van der Waals surface area contributed by atoms with Gasteiger partial charge in [-0.2, -0.15) is 5.26 Å². The molecule has 1 rings (SSSR count). The molecule has 20 heavy (non-hydrogen) atoms. The Kier molecular flexibility index (Phi) is 4.59. The molecule has 1 aromatic heterocycles. The van der Waals surface area contributed by atoms with Crippen LogP contribution in [0.2, 0.25) is 0 Å². The predicted molar refractivity (Wildman–Crippen MR) is 70.2 cm³/mol. The van der Waals surface area contributed by atoms with Crippen LogP contribution in [0.1, 0.15) is 32.3 Å². The molecule has 1 aromatic rings. The van der Waals surface area contributed by atoms with Gasteiger partial charge < -0.3 is 10.4 Å². The minimum Gasteiger partial charge on any atom is -0.480 e. The SMILES string of the molecule is CCCC(C)(Nc1nccc(C#N)c1[N+](=O)[O-])C(=O)O. The molecule has 0 aromatic carbocycles. The van der Waals surface area contributed by atoms with Crippen LogP contribution in [-0.4, -0.2) is 26.5 Å². The summed E-state index contributed by atoms with van der Waals surface area (Å²) in [4.78, 5) is 25.4. The van der Waals surface area contributed by atoms with Gasteiger partial charge in [0.25, 0.3) is 0 Å². The molecular weight excluding hydrogens is 264 g/mol.